The van der Waals surface area contributed by atoms with Gasteiger partial charge in [-0.25, -0.2) is 0 Å². The van der Waals surface area contributed by atoms with Crippen LogP contribution in [-0.4, -0.2) is 12.4 Å². The molecule has 122 valence electrons. The monoisotopic (exact) mass is 310 g/mol. The normalized spacial score (nSPS) is 47.6. The fourth-order valence-corrected chi connectivity index (χ4v) is 7.05. The number of carbonyl (C=O) groups is 1. The lowest BCUT2D eigenvalue weighted by molar-refractivity contribution is -0.122. The van der Waals surface area contributed by atoms with Crippen LogP contribution in [0, 0.1) is 35.0 Å². The Morgan fingerprint density at radius 2 is 2.17 bits per heavy atom. The quantitative estimate of drug-likeness (QED) is 0.619. The van der Waals surface area contributed by atoms with E-state index < -0.39 is 0 Å². The highest BCUT2D eigenvalue weighted by molar-refractivity contribution is 5.83. The Morgan fingerprint density at radius 1 is 1.30 bits per heavy atom. The van der Waals surface area contributed by atoms with Gasteiger partial charge in [0.1, 0.15) is 5.78 Å². The smallest absolute Gasteiger partial charge is 0.137 e. The molecule has 0 amide bonds. The average molecular weight is 310 g/mol. The molecule has 5 aliphatic rings. The van der Waals surface area contributed by atoms with E-state index in [4.69, 9.17) is 4.74 Å². The first-order chi connectivity index (χ1) is 11.1. The van der Waals surface area contributed by atoms with Crippen molar-refractivity contribution in [1.29, 1.82) is 0 Å². The van der Waals surface area contributed by atoms with E-state index in [1.54, 1.807) is 0 Å². The molecule has 0 aromatic carbocycles. The van der Waals surface area contributed by atoms with Crippen LogP contribution in [0.4, 0.5) is 0 Å². The minimum atomic E-state index is 0.214. The maximum absolute atomic E-state index is 12.0. The molecule has 2 heteroatoms. The van der Waals surface area contributed by atoms with Crippen LogP contribution in [0.3, 0.4) is 0 Å². The summed E-state index contributed by atoms with van der Waals surface area (Å²) in [5.74, 6) is 5.36. The summed E-state index contributed by atoms with van der Waals surface area (Å²) in [6.07, 6.45) is 7.39. The molecule has 3 saturated carbocycles. The molecule has 2 nitrogen and oxygen atoms in total. The van der Waals surface area contributed by atoms with E-state index in [-0.39, 0.29) is 5.41 Å². The molecule has 0 N–H and O–H groups in total. The summed E-state index contributed by atoms with van der Waals surface area (Å²) < 4.78 is 6.18. The van der Waals surface area contributed by atoms with Crippen LogP contribution in [0.15, 0.2) is 29.2 Å². The highest BCUT2D eigenvalue weighted by Gasteiger charge is 2.61. The Hall–Kier alpha value is -1.27. The highest BCUT2D eigenvalue weighted by Crippen LogP contribution is 2.66. The molecule has 2 bridgehead atoms. The van der Waals surface area contributed by atoms with Crippen LogP contribution in [0.25, 0.3) is 0 Å². The third-order valence-corrected chi connectivity index (χ3v) is 7.94. The zero-order valence-corrected chi connectivity index (χ0v) is 14.1. The molecule has 0 radical (unpaired) electrons. The molecule has 4 unspecified atom stereocenters. The number of allylic oxidation sites excluding steroid dienone is 2. The van der Waals surface area contributed by atoms with Gasteiger partial charge in [0, 0.05) is 24.7 Å². The van der Waals surface area contributed by atoms with Gasteiger partial charge in [-0.15, -0.1) is 5.73 Å². The van der Waals surface area contributed by atoms with Crippen molar-refractivity contribution in [2.24, 2.45) is 35.0 Å². The van der Waals surface area contributed by atoms with Crippen LogP contribution >= 0.6 is 0 Å². The van der Waals surface area contributed by atoms with Gasteiger partial charge in [-0.3, -0.25) is 4.79 Å². The van der Waals surface area contributed by atoms with Crippen LogP contribution in [0.1, 0.15) is 51.9 Å². The third-order valence-electron chi connectivity index (χ3n) is 7.94. The molecule has 0 saturated heterocycles. The number of hydrogen-bond acceptors (Lipinski definition) is 2. The first-order valence-corrected chi connectivity index (χ1v) is 9.40. The summed E-state index contributed by atoms with van der Waals surface area (Å²) >= 11 is 0. The SMILES string of the molecule is C=C=C1CCC2C3CC4=C5CC(=O)CC[C@]5(CO4)C3C[C@@H](C)C12. The molecule has 23 heavy (non-hydrogen) atoms. The maximum Gasteiger partial charge on any atom is 0.137 e. The van der Waals surface area contributed by atoms with Crippen molar-refractivity contribution in [3.63, 3.8) is 0 Å². The molecule has 6 atom stereocenters. The fraction of sp³-hybridized carbons (Fsp3) is 0.714. The molecular weight excluding hydrogens is 284 g/mol. The van der Waals surface area contributed by atoms with E-state index in [0.29, 0.717) is 18.1 Å². The van der Waals surface area contributed by atoms with Crippen LogP contribution in [0.5, 0.6) is 0 Å². The molecule has 1 heterocycles. The number of hydrogen-bond donors (Lipinski definition) is 0. The Balaban J connectivity index is 1.58. The Bertz CT molecular complexity index is 665. The van der Waals surface area contributed by atoms with Gasteiger partial charge in [0.05, 0.1) is 12.4 Å². The summed E-state index contributed by atoms with van der Waals surface area (Å²) in [5, 5.41) is 0. The largest absolute Gasteiger partial charge is 0.497 e. The lowest BCUT2D eigenvalue weighted by atomic mass is 9.49. The maximum atomic E-state index is 12.0. The number of ether oxygens (including phenoxy) is 1. The van der Waals surface area contributed by atoms with Crippen molar-refractivity contribution >= 4 is 5.78 Å². The molecule has 5 rings (SSSR count). The average Bonchev–Trinajstić information content (AvgIpc) is 3.09. The van der Waals surface area contributed by atoms with E-state index >= 15 is 0 Å². The van der Waals surface area contributed by atoms with Crippen molar-refractivity contribution < 1.29 is 9.53 Å². The van der Waals surface area contributed by atoms with Gasteiger partial charge in [-0.2, -0.15) is 0 Å². The second kappa shape index (κ2) is 4.63. The minimum absolute atomic E-state index is 0.214. The third kappa shape index (κ3) is 1.68. The summed E-state index contributed by atoms with van der Waals surface area (Å²) in [6, 6.07) is 0. The summed E-state index contributed by atoms with van der Waals surface area (Å²) in [5.41, 5.74) is 6.39. The van der Waals surface area contributed by atoms with E-state index in [2.05, 4.69) is 19.2 Å². The van der Waals surface area contributed by atoms with Gasteiger partial charge in [0.15, 0.2) is 0 Å². The van der Waals surface area contributed by atoms with Crippen molar-refractivity contribution in [2.75, 3.05) is 6.61 Å². The minimum Gasteiger partial charge on any atom is -0.497 e. The summed E-state index contributed by atoms with van der Waals surface area (Å²) in [7, 11) is 0. The van der Waals surface area contributed by atoms with Crippen molar-refractivity contribution in [2.45, 2.75) is 51.9 Å². The first kappa shape index (κ1) is 14.1. The van der Waals surface area contributed by atoms with Gasteiger partial charge in [-0.1, -0.05) is 13.5 Å². The van der Waals surface area contributed by atoms with Crippen LogP contribution < -0.4 is 0 Å². The molecule has 3 fully saturated rings. The van der Waals surface area contributed by atoms with Gasteiger partial charge < -0.3 is 4.74 Å². The van der Waals surface area contributed by atoms with E-state index in [1.807, 2.05) is 0 Å². The molecule has 0 aromatic rings. The zero-order valence-electron chi connectivity index (χ0n) is 14.1. The van der Waals surface area contributed by atoms with Gasteiger partial charge in [0.2, 0.25) is 0 Å². The van der Waals surface area contributed by atoms with Crippen molar-refractivity contribution in [3.8, 4) is 0 Å². The number of rotatable bonds is 0. The molecular formula is C21H26O2. The van der Waals surface area contributed by atoms with Crippen molar-refractivity contribution in [3.05, 3.63) is 29.2 Å². The Morgan fingerprint density at radius 3 is 3.00 bits per heavy atom. The topological polar surface area (TPSA) is 26.3 Å². The van der Waals surface area contributed by atoms with Crippen LogP contribution in [0.2, 0.25) is 0 Å². The zero-order chi connectivity index (χ0) is 15.8. The number of Topliss-reactive ketones (excluding diaryl/α,β-unsaturated/α-hetero) is 1. The summed E-state index contributed by atoms with van der Waals surface area (Å²) in [6.45, 7) is 7.26. The van der Waals surface area contributed by atoms with Crippen molar-refractivity contribution in [1.82, 2.24) is 0 Å². The molecule has 4 aliphatic carbocycles. The lowest BCUT2D eigenvalue weighted by Gasteiger charge is -2.53. The van der Waals surface area contributed by atoms with E-state index in [1.165, 1.54) is 36.2 Å². The predicted molar refractivity (Wildman–Crippen MR) is 88.5 cm³/mol. The first-order valence-electron chi connectivity index (χ1n) is 9.40. The molecule has 1 aliphatic heterocycles. The Labute approximate surface area is 138 Å². The second-order valence-corrected chi connectivity index (χ2v) is 8.68. The second-order valence-electron chi connectivity index (χ2n) is 8.68. The highest BCUT2D eigenvalue weighted by atomic mass is 16.5. The van der Waals surface area contributed by atoms with Gasteiger partial charge in [-0.05, 0) is 66.4 Å². The number of ketones is 1. The van der Waals surface area contributed by atoms with Gasteiger partial charge in [0.25, 0.3) is 0 Å². The summed E-state index contributed by atoms with van der Waals surface area (Å²) in [4.78, 5) is 12.0. The lowest BCUT2D eigenvalue weighted by Crippen LogP contribution is -2.49. The predicted octanol–water partition coefficient (Wildman–Crippen LogP) is 4.42. The number of carbonyl (C=O) groups excluding carboxylic acids is 1. The standard InChI is InChI=1S/C21H26O2/c1-3-13-4-5-15-16-10-19-18-9-14(22)6-7-21(18,11-23-19)17(16)8-12(2)20(13)15/h12,15-17,20H,1,4-11H2,2H3/t12-,15?,16?,17?,20?,21+/m1/s1. The molecule has 0 aromatic heterocycles. The van der Waals surface area contributed by atoms with Crippen LogP contribution in [-0.2, 0) is 9.53 Å². The Kier molecular flexibility index (Phi) is 2.84. The van der Waals surface area contributed by atoms with E-state index in [9.17, 15) is 4.79 Å². The number of fused-ring (bicyclic) bond motifs is 3. The molecule has 0 spiro atoms. The fourth-order valence-electron chi connectivity index (χ4n) is 7.05. The van der Waals surface area contributed by atoms with Gasteiger partial charge >= 0.3 is 0 Å². The van der Waals surface area contributed by atoms with E-state index in [0.717, 1.165) is 49.5 Å².